The van der Waals surface area contributed by atoms with E-state index in [2.05, 4.69) is 29.0 Å². The van der Waals surface area contributed by atoms with Gasteiger partial charge in [-0.3, -0.25) is 9.78 Å². The number of aromatic nitrogens is 2. The van der Waals surface area contributed by atoms with Gasteiger partial charge in [-0.2, -0.15) is 4.98 Å². The summed E-state index contributed by atoms with van der Waals surface area (Å²) in [6.45, 7) is 4.28. The molecule has 0 atom stereocenters. The first-order valence-electron chi connectivity index (χ1n) is 9.32. The second-order valence-corrected chi connectivity index (χ2v) is 7.24. The minimum absolute atomic E-state index is 0.000332. The van der Waals surface area contributed by atoms with E-state index >= 15 is 0 Å². The Morgan fingerprint density at radius 1 is 1.27 bits per heavy atom. The van der Waals surface area contributed by atoms with Crippen molar-refractivity contribution in [3.05, 3.63) is 32.4 Å². The van der Waals surface area contributed by atoms with E-state index in [0.717, 1.165) is 44.2 Å². The lowest BCUT2D eigenvalue weighted by Crippen LogP contribution is -2.15. The predicted octanol–water partition coefficient (Wildman–Crippen LogP) is 3.55. The molecule has 0 bridgehead atoms. The van der Waals surface area contributed by atoms with Gasteiger partial charge < -0.3 is 9.25 Å². The molecule has 2 aromatic rings. The van der Waals surface area contributed by atoms with Crippen molar-refractivity contribution in [2.45, 2.75) is 65.2 Å². The number of nitrogens with one attached hydrogen (secondary N) is 1. The van der Waals surface area contributed by atoms with E-state index in [1.165, 1.54) is 12.5 Å². The van der Waals surface area contributed by atoms with Gasteiger partial charge in [0.05, 0.1) is 5.71 Å². The number of oxime groups is 1. The van der Waals surface area contributed by atoms with Gasteiger partial charge in [0.2, 0.25) is 5.71 Å². The van der Waals surface area contributed by atoms with Crippen LogP contribution >= 0.6 is 0 Å². The van der Waals surface area contributed by atoms with Crippen molar-refractivity contribution in [3.63, 3.8) is 0 Å². The number of aromatic amines is 1. The fraction of sp³-hybridized carbons (Fsp3) is 0.579. The van der Waals surface area contributed by atoms with Gasteiger partial charge in [-0.15, -0.1) is 0 Å². The minimum Gasteiger partial charge on any atom is -0.403 e. The van der Waals surface area contributed by atoms with E-state index in [-0.39, 0.29) is 17.3 Å². The molecule has 2 heterocycles. The van der Waals surface area contributed by atoms with Crippen LogP contribution in [0.2, 0.25) is 0 Å². The molecular weight excluding hydrogens is 334 g/mol. The summed E-state index contributed by atoms with van der Waals surface area (Å²) in [7, 11) is 0. The Morgan fingerprint density at radius 3 is 2.77 bits per heavy atom. The molecule has 0 aromatic carbocycles. The Morgan fingerprint density at radius 2 is 2.04 bits per heavy atom. The highest BCUT2D eigenvalue weighted by Crippen LogP contribution is 2.18. The SMILES string of the molecule is CC(C)CCCc1cc(=O)oc2nc(ON=C3CCCCC3)[nH]c(=O)c12. The average molecular weight is 359 g/mol. The van der Waals surface area contributed by atoms with Crippen LogP contribution in [0.1, 0.15) is 64.4 Å². The lowest BCUT2D eigenvalue weighted by Gasteiger charge is -2.11. The van der Waals surface area contributed by atoms with Crippen molar-refractivity contribution in [2.75, 3.05) is 0 Å². The first kappa shape index (κ1) is 18.4. The van der Waals surface area contributed by atoms with Gasteiger partial charge in [-0.25, -0.2) is 4.79 Å². The van der Waals surface area contributed by atoms with Crippen molar-refractivity contribution in [1.29, 1.82) is 0 Å². The monoisotopic (exact) mass is 359 g/mol. The third-order valence-corrected chi connectivity index (χ3v) is 4.59. The van der Waals surface area contributed by atoms with Crippen LogP contribution in [0.3, 0.4) is 0 Å². The summed E-state index contributed by atoms with van der Waals surface area (Å²) in [5.74, 6) is 0.566. The first-order valence-corrected chi connectivity index (χ1v) is 9.32. The summed E-state index contributed by atoms with van der Waals surface area (Å²) in [5, 5.41) is 4.39. The van der Waals surface area contributed by atoms with Crippen LogP contribution in [-0.4, -0.2) is 15.7 Å². The number of aryl methyl sites for hydroxylation is 1. The van der Waals surface area contributed by atoms with Crippen LogP contribution in [0.15, 0.2) is 25.2 Å². The zero-order chi connectivity index (χ0) is 18.5. The minimum atomic E-state index is -0.514. The van der Waals surface area contributed by atoms with E-state index in [1.807, 2.05) is 0 Å². The van der Waals surface area contributed by atoms with Gasteiger partial charge >= 0.3 is 11.6 Å². The van der Waals surface area contributed by atoms with Crippen molar-refractivity contribution in [2.24, 2.45) is 11.1 Å². The largest absolute Gasteiger partial charge is 0.403 e. The molecule has 0 radical (unpaired) electrons. The van der Waals surface area contributed by atoms with Gasteiger partial charge in [0, 0.05) is 6.07 Å². The molecule has 0 spiro atoms. The first-order chi connectivity index (χ1) is 12.5. The molecule has 3 rings (SSSR count). The lowest BCUT2D eigenvalue weighted by atomic mass is 9.99. The molecule has 2 aromatic heterocycles. The molecule has 0 amide bonds. The third-order valence-electron chi connectivity index (χ3n) is 4.59. The number of hydrogen-bond donors (Lipinski definition) is 1. The summed E-state index contributed by atoms with van der Waals surface area (Å²) in [4.78, 5) is 36.3. The molecule has 26 heavy (non-hydrogen) atoms. The molecule has 1 saturated carbocycles. The van der Waals surface area contributed by atoms with E-state index in [4.69, 9.17) is 9.25 Å². The van der Waals surface area contributed by atoms with Gasteiger partial charge in [0.1, 0.15) is 5.39 Å². The maximum absolute atomic E-state index is 12.5. The third kappa shape index (κ3) is 4.59. The smallest absolute Gasteiger partial charge is 0.337 e. The molecule has 1 N–H and O–H groups in total. The van der Waals surface area contributed by atoms with Gasteiger partial charge in [0.15, 0.2) is 0 Å². The highest BCUT2D eigenvalue weighted by atomic mass is 16.6. The van der Waals surface area contributed by atoms with Crippen molar-refractivity contribution in [3.8, 4) is 6.01 Å². The molecule has 0 aliphatic heterocycles. The van der Waals surface area contributed by atoms with E-state index < -0.39 is 5.63 Å². The van der Waals surface area contributed by atoms with E-state index in [0.29, 0.717) is 23.3 Å². The summed E-state index contributed by atoms with van der Waals surface area (Å²) >= 11 is 0. The fourth-order valence-corrected chi connectivity index (χ4v) is 3.23. The Bertz CT molecular complexity index is 903. The number of nitrogens with zero attached hydrogens (tertiary/aromatic N) is 2. The highest BCUT2D eigenvalue weighted by molar-refractivity contribution is 5.84. The van der Waals surface area contributed by atoms with Crippen LogP contribution in [-0.2, 0) is 6.42 Å². The number of hydrogen-bond acceptors (Lipinski definition) is 6. The quantitative estimate of drug-likeness (QED) is 0.795. The Kier molecular flexibility index (Phi) is 5.85. The molecular formula is C19H25N3O4. The second-order valence-electron chi connectivity index (χ2n) is 7.24. The second kappa shape index (κ2) is 8.29. The maximum atomic E-state index is 12.5. The van der Waals surface area contributed by atoms with Crippen LogP contribution < -0.4 is 16.0 Å². The molecule has 140 valence electrons. The molecule has 0 unspecified atom stereocenters. The predicted molar refractivity (Wildman–Crippen MR) is 99.8 cm³/mol. The zero-order valence-corrected chi connectivity index (χ0v) is 15.3. The molecule has 1 aliphatic rings. The van der Waals surface area contributed by atoms with Crippen LogP contribution in [0.5, 0.6) is 6.01 Å². The van der Waals surface area contributed by atoms with Gasteiger partial charge in [-0.1, -0.05) is 31.8 Å². The Labute approximate surface area is 151 Å². The van der Waals surface area contributed by atoms with E-state index in [1.54, 1.807) is 0 Å². The summed E-state index contributed by atoms with van der Waals surface area (Å²) in [6.07, 6.45) is 7.73. The highest BCUT2D eigenvalue weighted by Gasteiger charge is 2.14. The van der Waals surface area contributed by atoms with Crippen LogP contribution in [0.25, 0.3) is 11.1 Å². The number of rotatable bonds is 6. The van der Waals surface area contributed by atoms with Crippen LogP contribution in [0, 0.1) is 5.92 Å². The fourth-order valence-electron chi connectivity index (χ4n) is 3.23. The summed E-state index contributed by atoms with van der Waals surface area (Å²) in [6, 6.07) is 1.32. The van der Waals surface area contributed by atoms with Gasteiger partial charge in [0.25, 0.3) is 5.56 Å². The van der Waals surface area contributed by atoms with Gasteiger partial charge in [-0.05, 0) is 50.0 Å². The Hall–Kier alpha value is -2.44. The van der Waals surface area contributed by atoms with Crippen molar-refractivity contribution < 1.29 is 9.25 Å². The van der Waals surface area contributed by atoms with E-state index in [9.17, 15) is 9.59 Å². The summed E-state index contributed by atoms with van der Waals surface area (Å²) < 4.78 is 5.13. The average Bonchev–Trinajstić information content (AvgIpc) is 2.60. The molecule has 1 fully saturated rings. The van der Waals surface area contributed by atoms with Crippen LogP contribution in [0.4, 0.5) is 0 Å². The maximum Gasteiger partial charge on any atom is 0.337 e. The Balaban J connectivity index is 1.88. The zero-order valence-electron chi connectivity index (χ0n) is 15.3. The molecule has 0 saturated heterocycles. The normalized spacial score (nSPS) is 14.8. The molecule has 7 heteroatoms. The summed E-state index contributed by atoms with van der Waals surface area (Å²) in [5.41, 5.74) is 0.732. The standard InChI is InChI=1S/C19H25N3O4/c1-12(2)7-6-8-13-11-15(23)25-18-16(13)17(24)20-19(21-18)26-22-14-9-4-3-5-10-14/h11-12H,3-10H2,1-2H3,(H,20,21,24). The lowest BCUT2D eigenvalue weighted by molar-refractivity contribution is 0.307. The van der Waals surface area contributed by atoms with Crippen molar-refractivity contribution in [1.82, 2.24) is 9.97 Å². The number of H-pyrrole nitrogens is 1. The topological polar surface area (TPSA) is 97.5 Å². The number of fused-ring (bicyclic) bond motifs is 1. The molecule has 7 nitrogen and oxygen atoms in total. The molecule has 1 aliphatic carbocycles. The van der Waals surface area contributed by atoms with Crippen molar-refractivity contribution >= 4 is 16.8 Å².